The lowest BCUT2D eigenvalue weighted by Gasteiger charge is -2.40. The number of pyridine rings is 1. The molecule has 2 saturated heterocycles. The molecule has 3 fully saturated rings. The fraction of sp³-hybridized carbons (Fsp3) is 0.552. The van der Waals surface area contributed by atoms with Crippen LogP contribution in [0.3, 0.4) is 0 Å². The number of hydrogen-bond acceptors (Lipinski definition) is 7. The van der Waals surface area contributed by atoms with Crippen LogP contribution in [-0.2, 0) is 21.3 Å². The number of nitrogens with one attached hydrogen (secondary N) is 2. The minimum Gasteiger partial charge on any atom is -0.385 e. The molecule has 0 unspecified atom stereocenters. The number of carbonyl (C=O) groups excluding carboxylic acids is 2. The van der Waals surface area contributed by atoms with E-state index < -0.39 is 23.2 Å². The number of halogens is 3. The van der Waals surface area contributed by atoms with Crippen molar-refractivity contribution in [3.05, 3.63) is 59.3 Å². The molecule has 3 N–H and O–H groups in total. The molecule has 2 aliphatic heterocycles. The normalized spacial score (nSPS) is 25.6. The summed E-state index contributed by atoms with van der Waals surface area (Å²) in [5, 5.41) is 16.7. The van der Waals surface area contributed by atoms with Gasteiger partial charge in [-0.15, -0.1) is 0 Å². The Morgan fingerprint density at radius 2 is 1.83 bits per heavy atom. The third kappa shape index (κ3) is 7.17. The number of carbonyl (C=O) groups is 2. The van der Waals surface area contributed by atoms with Crippen LogP contribution in [0.1, 0.15) is 53.6 Å². The fourth-order valence-electron chi connectivity index (χ4n) is 5.99. The van der Waals surface area contributed by atoms with Gasteiger partial charge in [0.1, 0.15) is 5.82 Å². The maximum absolute atomic E-state index is 12.9. The summed E-state index contributed by atoms with van der Waals surface area (Å²) in [6, 6.07) is 8.28. The largest absolute Gasteiger partial charge is 0.416 e. The highest BCUT2D eigenvalue weighted by Gasteiger charge is 2.39. The third-order valence-electron chi connectivity index (χ3n) is 8.37. The van der Waals surface area contributed by atoms with Gasteiger partial charge in [0.05, 0.1) is 30.9 Å². The van der Waals surface area contributed by atoms with Gasteiger partial charge in [-0.25, -0.2) is 4.98 Å². The molecule has 2 aromatic rings. The van der Waals surface area contributed by atoms with Crippen LogP contribution < -0.4 is 15.5 Å². The van der Waals surface area contributed by atoms with Crippen molar-refractivity contribution >= 4 is 17.6 Å². The SMILES string of the molecule is O=C(CNC(=O)c1cccc(C(F)(F)F)c1)N[C@@H]1CCN(C2CCC(O)(c3ccc(N4CCOCC4)nc3)CC2)C1. The number of hydrogen-bond donors (Lipinski definition) is 3. The minimum absolute atomic E-state index is 0.0781. The molecule has 9 nitrogen and oxygen atoms in total. The zero-order valence-electron chi connectivity index (χ0n) is 22.8. The van der Waals surface area contributed by atoms with Crippen LogP contribution in [-0.4, -0.2) is 84.8 Å². The first-order chi connectivity index (χ1) is 19.6. The number of anilines is 1. The number of rotatable bonds is 7. The average Bonchev–Trinajstić information content (AvgIpc) is 3.44. The van der Waals surface area contributed by atoms with Crippen molar-refractivity contribution in [1.82, 2.24) is 20.5 Å². The summed E-state index contributed by atoms with van der Waals surface area (Å²) in [5.41, 5.74) is -1.13. The summed E-state index contributed by atoms with van der Waals surface area (Å²) in [5.74, 6) is -0.224. The number of benzene rings is 1. The average molecular weight is 576 g/mol. The number of aromatic nitrogens is 1. The van der Waals surface area contributed by atoms with Crippen LogP contribution in [0.25, 0.3) is 0 Å². The molecule has 12 heteroatoms. The van der Waals surface area contributed by atoms with Crippen molar-refractivity contribution in [2.75, 3.05) is 50.8 Å². The zero-order valence-corrected chi connectivity index (χ0v) is 22.8. The van der Waals surface area contributed by atoms with Crippen LogP contribution in [0, 0.1) is 0 Å². The summed E-state index contributed by atoms with van der Waals surface area (Å²) in [6.07, 6.45) is 0.922. The van der Waals surface area contributed by atoms with Gasteiger partial charge in [0.15, 0.2) is 0 Å². The number of alkyl halides is 3. The highest BCUT2D eigenvalue weighted by Crippen LogP contribution is 2.39. The molecule has 222 valence electrons. The predicted molar refractivity (Wildman–Crippen MR) is 145 cm³/mol. The predicted octanol–water partition coefficient (Wildman–Crippen LogP) is 2.69. The van der Waals surface area contributed by atoms with Crippen molar-refractivity contribution in [3.8, 4) is 0 Å². The minimum atomic E-state index is -4.55. The molecular formula is C29H36F3N5O4. The van der Waals surface area contributed by atoms with Gasteiger partial charge >= 0.3 is 6.18 Å². The second-order valence-electron chi connectivity index (χ2n) is 11.1. The molecule has 1 atom stereocenters. The van der Waals surface area contributed by atoms with E-state index in [0.717, 1.165) is 68.5 Å². The van der Waals surface area contributed by atoms with E-state index in [0.29, 0.717) is 38.6 Å². The van der Waals surface area contributed by atoms with Crippen molar-refractivity contribution < 1.29 is 32.6 Å². The highest BCUT2D eigenvalue weighted by molar-refractivity contribution is 5.96. The molecule has 3 heterocycles. The Bertz CT molecular complexity index is 1210. The first kappa shape index (κ1) is 29.3. The quantitative estimate of drug-likeness (QED) is 0.466. The molecule has 1 aromatic heterocycles. The fourth-order valence-corrected chi connectivity index (χ4v) is 5.99. The second kappa shape index (κ2) is 12.3. The van der Waals surface area contributed by atoms with Gasteiger partial charge in [-0.1, -0.05) is 12.1 Å². The Hall–Kier alpha value is -3.22. The molecule has 5 rings (SSSR count). The molecule has 1 saturated carbocycles. The summed E-state index contributed by atoms with van der Waals surface area (Å²) < 4.78 is 44.1. The van der Waals surface area contributed by atoms with Gasteiger partial charge in [0.25, 0.3) is 5.91 Å². The Balaban J connectivity index is 1.05. The number of ether oxygens (including phenoxy) is 1. The number of nitrogens with zero attached hydrogens (tertiary/aromatic N) is 3. The molecule has 1 aliphatic carbocycles. The summed E-state index contributed by atoms with van der Waals surface area (Å²) >= 11 is 0. The van der Waals surface area contributed by atoms with Gasteiger partial charge < -0.3 is 25.4 Å². The molecule has 41 heavy (non-hydrogen) atoms. The summed E-state index contributed by atoms with van der Waals surface area (Å²) in [7, 11) is 0. The van der Waals surface area contributed by atoms with E-state index in [9.17, 15) is 27.9 Å². The molecule has 2 amide bonds. The number of likely N-dealkylation sites (tertiary alicyclic amines) is 1. The van der Waals surface area contributed by atoms with Crippen LogP contribution in [0.15, 0.2) is 42.6 Å². The first-order valence-electron chi connectivity index (χ1n) is 14.1. The van der Waals surface area contributed by atoms with E-state index in [-0.39, 0.29) is 24.1 Å². The lowest BCUT2D eigenvalue weighted by Crippen LogP contribution is -2.45. The molecule has 0 bridgehead atoms. The molecule has 3 aliphatic rings. The highest BCUT2D eigenvalue weighted by atomic mass is 19.4. The van der Waals surface area contributed by atoms with E-state index >= 15 is 0 Å². The Morgan fingerprint density at radius 3 is 2.51 bits per heavy atom. The Kier molecular flexibility index (Phi) is 8.81. The monoisotopic (exact) mass is 575 g/mol. The third-order valence-corrected chi connectivity index (χ3v) is 8.37. The Morgan fingerprint density at radius 1 is 1.07 bits per heavy atom. The lowest BCUT2D eigenvalue weighted by molar-refractivity contribution is -0.137. The lowest BCUT2D eigenvalue weighted by atomic mass is 9.78. The van der Waals surface area contributed by atoms with E-state index in [1.807, 2.05) is 12.1 Å². The summed E-state index contributed by atoms with van der Waals surface area (Å²) in [6.45, 7) is 4.17. The van der Waals surface area contributed by atoms with Gasteiger partial charge in [-0.2, -0.15) is 13.2 Å². The molecule has 0 radical (unpaired) electrons. The maximum Gasteiger partial charge on any atom is 0.416 e. The molecular weight excluding hydrogens is 539 g/mol. The topological polar surface area (TPSA) is 107 Å². The number of aliphatic hydroxyl groups is 1. The van der Waals surface area contributed by atoms with E-state index in [1.165, 1.54) is 6.07 Å². The Labute approximate surface area is 237 Å². The smallest absolute Gasteiger partial charge is 0.385 e. The van der Waals surface area contributed by atoms with Gasteiger partial charge in [0.2, 0.25) is 5.91 Å². The second-order valence-corrected chi connectivity index (χ2v) is 11.1. The van der Waals surface area contributed by atoms with Gasteiger partial charge in [-0.05, 0) is 56.4 Å². The standard InChI is InChI=1S/C29H36F3N5O4/c30-29(31,32)21-3-1-2-20(16-21)27(39)34-18-26(38)35-23-8-11-37(19-23)24-6-9-28(40,10-7-24)22-4-5-25(33-17-22)36-12-14-41-15-13-36/h1-5,16-17,23-24,40H,6-15,18-19H2,(H,34,39)(H,35,38)/t23-,24?,28?/m1/s1. The van der Waals surface area contributed by atoms with Crippen LogP contribution in [0.4, 0.5) is 19.0 Å². The van der Waals surface area contributed by atoms with Crippen LogP contribution >= 0.6 is 0 Å². The van der Waals surface area contributed by atoms with Crippen molar-refractivity contribution in [2.24, 2.45) is 0 Å². The van der Waals surface area contributed by atoms with Crippen molar-refractivity contribution in [2.45, 2.75) is 56.0 Å². The van der Waals surface area contributed by atoms with Gasteiger partial charge in [-0.3, -0.25) is 14.5 Å². The molecule has 0 spiro atoms. The van der Waals surface area contributed by atoms with Crippen molar-refractivity contribution in [3.63, 3.8) is 0 Å². The zero-order chi connectivity index (χ0) is 29.0. The van der Waals surface area contributed by atoms with E-state index in [2.05, 4.69) is 25.4 Å². The first-order valence-corrected chi connectivity index (χ1v) is 14.1. The maximum atomic E-state index is 12.9. The summed E-state index contributed by atoms with van der Waals surface area (Å²) in [4.78, 5) is 33.8. The van der Waals surface area contributed by atoms with Crippen LogP contribution in [0.5, 0.6) is 0 Å². The van der Waals surface area contributed by atoms with Gasteiger partial charge in [0, 0.05) is 55.6 Å². The van der Waals surface area contributed by atoms with Crippen LogP contribution in [0.2, 0.25) is 0 Å². The van der Waals surface area contributed by atoms with E-state index in [1.54, 1.807) is 6.20 Å². The molecule has 1 aromatic carbocycles. The van der Waals surface area contributed by atoms with Crippen molar-refractivity contribution in [1.29, 1.82) is 0 Å². The number of amides is 2. The number of morpholine rings is 1. The van der Waals surface area contributed by atoms with E-state index in [4.69, 9.17) is 4.74 Å².